The molecule has 0 saturated heterocycles. The maximum absolute atomic E-state index is 12.5. The molecule has 0 aliphatic rings. The van der Waals surface area contributed by atoms with Gasteiger partial charge in [-0.05, 0) is 30.7 Å². The molecule has 114 valence electrons. The van der Waals surface area contributed by atoms with Gasteiger partial charge in [0.2, 0.25) is 5.91 Å². The van der Waals surface area contributed by atoms with Crippen LogP contribution in [0.1, 0.15) is 29.5 Å². The molecule has 0 aromatic heterocycles. The average Bonchev–Trinajstić information content (AvgIpc) is 2.24. The zero-order valence-electron chi connectivity index (χ0n) is 9.97. The highest BCUT2D eigenvalue weighted by Gasteiger charge is 2.37. The average molecular weight is 322 g/mol. The minimum atomic E-state index is -4.94. The number of hydrogen-bond acceptors (Lipinski definition) is 1. The maximum Gasteiger partial charge on any atom is 0.416 e. The van der Waals surface area contributed by atoms with Crippen LogP contribution >= 0.6 is 12.4 Å². The molecule has 9 heteroatoms. The Morgan fingerprint density at radius 2 is 1.35 bits per heavy atom. The molecule has 2 nitrogen and oxygen atoms in total. The Bertz CT molecular complexity index is 464. The standard InChI is InChI=1S/C11H9F6NO.ClH/c1-5(9(18)19)6-2-7(10(12,13)14)4-8(3-6)11(15,16)17;/h2-5H,1H3,(H2,18,19);1H. The summed E-state index contributed by atoms with van der Waals surface area (Å²) in [6, 6.07) is 0.979. The van der Waals surface area contributed by atoms with Crippen LogP contribution in [0.5, 0.6) is 0 Å². The van der Waals surface area contributed by atoms with Crippen molar-refractivity contribution in [2.24, 2.45) is 5.73 Å². The summed E-state index contributed by atoms with van der Waals surface area (Å²) in [5.41, 5.74) is 1.53. The number of nitrogens with two attached hydrogens (primary N) is 1. The molecule has 1 rings (SSSR count). The van der Waals surface area contributed by atoms with Crippen molar-refractivity contribution in [3.05, 3.63) is 34.9 Å². The molecule has 20 heavy (non-hydrogen) atoms. The lowest BCUT2D eigenvalue weighted by molar-refractivity contribution is -0.143. The summed E-state index contributed by atoms with van der Waals surface area (Å²) in [7, 11) is 0. The van der Waals surface area contributed by atoms with Gasteiger partial charge in [-0.1, -0.05) is 0 Å². The Labute approximate surface area is 116 Å². The topological polar surface area (TPSA) is 43.1 Å². The largest absolute Gasteiger partial charge is 0.416 e. The Morgan fingerprint density at radius 1 is 1.00 bits per heavy atom. The Balaban J connectivity index is 0.00000361. The van der Waals surface area contributed by atoms with Gasteiger partial charge in [0, 0.05) is 0 Å². The summed E-state index contributed by atoms with van der Waals surface area (Å²) in [5, 5.41) is 0. The van der Waals surface area contributed by atoms with Crippen LogP contribution in [-0.2, 0) is 17.1 Å². The minimum absolute atomic E-state index is 0. The minimum Gasteiger partial charge on any atom is -0.369 e. The smallest absolute Gasteiger partial charge is 0.369 e. The normalized spacial score (nSPS) is 13.6. The number of amides is 1. The molecule has 2 N–H and O–H groups in total. The number of alkyl halides is 6. The van der Waals surface area contributed by atoms with E-state index in [1.807, 2.05) is 0 Å². The van der Waals surface area contributed by atoms with E-state index in [4.69, 9.17) is 5.73 Å². The molecule has 0 aliphatic carbocycles. The van der Waals surface area contributed by atoms with E-state index in [2.05, 4.69) is 0 Å². The van der Waals surface area contributed by atoms with Gasteiger partial charge in [-0.25, -0.2) is 0 Å². The maximum atomic E-state index is 12.5. The SMILES string of the molecule is CC(C(N)=O)c1cc(C(F)(F)F)cc(C(F)(F)F)c1.Cl. The Morgan fingerprint density at radius 3 is 1.60 bits per heavy atom. The monoisotopic (exact) mass is 321 g/mol. The molecule has 0 heterocycles. The molecule has 0 bridgehead atoms. The number of benzene rings is 1. The van der Waals surface area contributed by atoms with Gasteiger partial charge in [0.1, 0.15) is 0 Å². The molecule has 1 amide bonds. The molecule has 1 unspecified atom stereocenters. The molecular weight excluding hydrogens is 312 g/mol. The molecule has 0 fully saturated rings. The third-order valence-corrected chi connectivity index (χ3v) is 2.54. The van der Waals surface area contributed by atoms with Gasteiger partial charge in [-0.15, -0.1) is 12.4 Å². The van der Waals surface area contributed by atoms with Gasteiger partial charge in [0.25, 0.3) is 0 Å². The predicted octanol–water partition coefficient (Wildman–Crippen LogP) is 3.73. The first-order valence-electron chi connectivity index (χ1n) is 5.01. The van der Waals surface area contributed by atoms with Gasteiger partial charge in [0.15, 0.2) is 0 Å². The summed E-state index contributed by atoms with van der Waals surface area (Å²) >= 11 is 0. The molecular formula is C11H10ClF6NO. The van der Waals surface area contributed by atoms with E-state index in [1.54, 1.807) is 0 Å². The van der Waals surface area contributed by atoms with E-state index >= 15 is 0 Å². The fraction of sp³-hybridized carbons (Fsp3) is 0.364. The van der Waals surface area contributed by atoms with Crippen molar-refractivity contribution in [3.63, 3.8) is 0 Å². The summed E-state index contributed by atoms with van der Waals surface area (Å²) in [6.07, 6.45) is -9.87. The van der Waals surface area contributed by atoms with E-state index in [9.17, 15) is 31.1 Å². The third kappa shape index (κ3) is 4.29. The molecule has 0 aliphatic heterocycles. The molecule has 1 aromatic carbocycles. The second-order valence-corrected chi connectivity index (χ2v) is 3.96. The Hall–Kier alpha value is -1.44. The van der Waals surface area contributed by atoms with Crippen LogP contribution in [0.25, 0.3) is 0 Å². The van der Waals surface area contributed by atoms with Crippen molar-refractivity contribution in [3.8, 4) is 0 Å². The van der Waals surface area contributed by atoms with Crippen LogP contribution in [0.2, 0.25) is 0 Å². The van der Waals surface area contributed by atoms with Crippen molar-refractivity contribution in [1.29, 1.82) is 0 Å². The highest BCUT2D eigenvalue weighted by Crippen LogP contribution is 2.37. The lowest BCUT2D eigenvalue weighted by Crippen LogP contribution is -2.20. The lowest BCUT2D eigenvalue weighted by atomic mass is 9.95. The summed E-state index contributed by atoms with van der Waals surface area (Å²) in [5.74, 6) is -2.25. The zero-order valence-corrected chi connectivity index (χ0v) is 10.8. The lowest BCUT2D eigenvalue weighted by Gasteiger charge is -2.16. The predicted molar refractivity (Wildman–Crippen MR) is 61.3 cm³/mol. The van der Waals surface area contributed by atoms with Crippen LogP contribution in [0.15, 0.2) is 18.2 Å². The highest BCUT2D eigenvalue weighted by atomic mass is 35.5. The van der Waals surface area contributed by atoms with Crippen LogP contribution < -0.4 is 5.73 Å². The van der Waals surface area contributed by atoms with Crippen molar-refractivity contribution in [1.82, 2.24) is 0 Å². The number of primary amides is 1. The van der Waals surface area contributed by atoms with Crippen molar-refractivity contribution in [2.45, 2.75) is 25.2 Å². The molecule has 0 saturated carbocycles. The number of rotatable bonds is 2. The van der Waals surface area contributed by atoms with E-state index in [1.165, 1.54) is 0 Å². The molecule has 0 radical (unpaired) electrons. The second kappa shape index (κ2) is 5.90. The quantitative estimate of drug-likeness (QED) is 0.829. The summed E-state index contributed by atoms with van der Waals surface area (Å²) in [4.78, 5) is 10.9. The van der Waals surface area contributed by atoms with E-state index < -0.39 is 40.9 Å². The van der Waals surface area contributed by atoms with Crippen molar-refractivity contribution < 1.29 is 31.1 Å². The Kier molecular flexibility index (Phi) is 5.48. The van der Waals surface area contributed by atoms with Gasteiger partial charge in [-0.3, -0.25) is 4.79 Å². The number of carbonyl (C=O) groups is 1. The van der Waals surface area contributed by atoms with Crippen LogP contribution in [0.4, 0.5) is 26.3 Å². The number of halogens is 7. The van der Waals surface area contributed by atoms with Crippen molar-refractivity contribution in [2.75, 3.05) is 0 Å². The molecule has 1 atom stereocenters. The zero-order chi connectivity index (χ0) is 15.0. The summed E-state index contributed by atoms with van der Waals surface area (Å²) in [6.45, 7) is 1.14. The van der Waals surface area contributed by atoms with E-state index in [0.717, 1.165) is 6.92 Å². The van der Waals surface area contributed by atoms with E-state index in [-0.39, 0.29) is 18.5 Å². The second-order valence-electron chi connectivity index (χ2n) is 3.96. The van der Waals surface area contributed by atoms with Crippen molar-refractivity contribution >= 4 is 18.3 Å². The van der Waals surface area contributed by atoms with Crippen LogP contribution in [0.3, 0.4) is 0 Å². The first-order chi connectivity index (χ1) is 8.43. The first kappa shape index (κ1) is 18.6. The number of carbonyl (C=O) groups excluding carboxylic acids is 1. The van der Waals surface area contributed by atoms with Gasteiger partial charge in [-0.2, -0.15) is 26.3 Å². The first-order valence-corrected chi connectivity index (χ1v) is 5.01. The fourth-order valence-corrected chi connectivity index (χ4v) is 1.39. The van der Waals surface area contributed by atoms with Gasteiger partial charge < -0.3 is 5.73 Å². The van der Waals surface area contributed by atoms with Crippen LogP contribution in [0, 0.1) is 0 Å². The van der Waals surface area contributed by atoms with E-state index in [0.29, 0.717) is 12.1 Å². The van der Waals surface area contributed by atoms with Gasteiger partial charge >= 0.3 is 12.4 Å². The highest BCUT2D eigenvalue weighted by molar-refractivity contribution is 5.85. The summed E-state index contributed by atoms with van der Waals surface area (Å²) < 4.78 is 75.1. The van der Waals surface area contributed by atoms with Crippen LogP contribution in [-0.4, -0.2) is 5.91 Å². The third-order valence-electron chi connectivity index (χ3n) is 2.54. The fourth-order valence-electron chi connectivity index (χ4n) is 1.39. The molecule has 0 spiro atoms. The number of hydrogen-bond donors (Lipinski definition) is 1. The van der Waals surface area contributed by atoms with Gasteiger partial charge in [0.05, 0.1) is 17.0 Å². The molecule has 1 aromatic rings.